The van der Waals surface area contributed by atoms with E-state index in [2.05, 4.69) is 10.3 Å². The van der Waals surface area contributed by atoms with E-state index in [4.69, 9.17) is 0 Å². The third-order valence-corrected chi connectivity index (χ3v) is 3.53. The molecule has 0 fully saturated rings. The molecule has 0 unspecified atom stereocenters. The van der Waals surface area contributed by atoms with Crippen molar-refractivity contribution < 1.29 is 4.79 Å². The second kappa shape index (κ2) is 6.26. The Kier molecular flexibility index (Phi) is 4.01. The molecular weight excluding hydrogens is 274 g/mol. The van der Waals surface area contributed by atoms with Crippen LogP contribution in [-0.4, -0.2) is 15.5 Å². The first-order valence-corrected chi connectivity index (χ1v) is 7.14. The van der Waals surface area contributed by atoms with Gasteiger partial charge in [-0.2, -0.15) is 0 Å². The zero-order valence-electron chi connectivity index (χ0n) is 12.4. The Morgan fingerprint density at radius 3 is 2.59 bits per heavy atom. The predicted molar refractivity (Wildman–Crippen MR) is 86.9 cm³/mol. The van der Waals surface area contributed by atoms with Gasteiger partial charge in [-0.3, -0.25) is 4.79 Å². The highest BCUT2D eigenvalue weighted by atomic mass is 16.1. The molecule has 0 radical (unpaired) electrons. The molecule has 0 saturated heterocycles. The molecule has 0 spiro atoms. The van der Waals surface area contributed by atoms with Gasteiger partial charge in [-0.15, -0.1) is 0 Å². The van der Waals surface area contributed by atoms with Crippen LogP contribution in [0.25, 0.3) is 0 Å². The first-order chi connectivity index (χ1) is 10.7. The number of para-hydroxylation sites is 1. The summed E-state index contributed by atoms with van der Waals surface area (Å²) in [4.78, 5) is 16.3. The molecule has 0 aliphatic rings. The maximum absolute atomic E-state index is 12.3. The number of hydrogen-bond acceptors (Lipinski definition) is 2. The van der Waals surface area contributed by atoms with Crippen molar-refractivity contribution in [1.29, 1.82) is 0 Å². The number of rotatable bonds is 4. The minimum atomic E-state index is -0.0940. The lowest BCUT2D eigenvalue weighted by molar-refractivity contribution is 0.102. The van der Waals surface area contributed by atoms with Crippen molar-refractivity contribution in [2.24, 2.45) is 0 Å². The number of carbonyl (C=O) groups excluding carboxylic acids is 1. The van der Waals surface area contributed by atoms with Gasteiger partial charge in [-0.25, -0.2) is 4.98 Å². The average molecular weight is 291 g/mol. The molecule has 110 valence electrons. The number of imidazole rings is 1. The van der Waals surface area contributed by atoms with Gasteiger partial charge in [0, 0.05) is 30.2 Å². The molecule has 4 heteroatoms. The van der Waals surface area contributed by atoms with Crippen LogP contribution < -0.4 is 5.32 Å². The Labute approximate surface area is 129 Å². The first-order valence-electron chi connectivity index (χ1n) is 7.14. The molecule has 0 atom stereocenters. The lowest BCUT2D eigenvalue weighted by atomic mass is 10.1. The van der Waals surface area contributed by atoms with Crippen molar-refractivity contribution in [3.05, 3.63) is 83.9 Å². The van der Waals surface area contributed by atoms with E-state index in [9.17, 15) is 4.79 Å². The van der Waals surface area contributed by atoms with Crippen molar-refractivity contribution in [3.8, 4) is 0 Å². The molecule has 4 nitrogen and oxygen atoms in total. The Bertz CT molecular complexity index is 761. The Balaban J connectivity index is 1.70. The number of hydrogen-bond donors (Lipinski definition) is 1. The van der Waals surface area contributed by atoms with E-state index in [-0.39, 0.29) is 5.91 Å². The molecule has 1 amide bonds. The number of nitrogens with zero attached hydrogens (tertiary/aromatic N) is 2. The summed E-state index contributed by atoms with van der Waals surface area (Å²) >= 11 is 0. The number of anilines is 1. The van der Waals surface area contributed by atoms with Crippen LogP contribution >= 0.6 is 0 Å². The van der Waals surface area contributed by atoms with Crippen LogP contribution in [0, 0.1) is 6.92 Å². The number of amides is 1. The summed E-state index contributed by atoms with van der Waals surface area (Å²) in [6.45, 7) is 2.73. The van der Waals surface area contributed by atoms with Crippen LogP contribution in [0.4, 0.5) is 5.69 Å². The smallest absolute Gasteiger partial charge is 0.255 e. The molecule has 0 saturated carbocycles. The lowest BCUT2D eigenvalue weighted by Gasteiger charge is -2.09. The molecule has 0 bridgehead atoms. The summed E-state index contributed by atoms with van der Waals surface area (Å²) in [5.41, 5.74) is 3.67. The van der Waals surface area contributed by atoms with Crippen LogP contribution in [0.15, 0.2) is 67.3 Å². The third-order valence-electron chi connectivity index (χ3n) is 3.53. The van der Waals surface area contributed by atoms with Gasteiger partial charge in [0.15, 0.2) is 0 Å². The van der Waals surface area contributed by atoms with Crippen LogP contribution in [0.3, 0.4) is 0 Å². The zero-order valence-corrected chi connectivity index (χ0v) is 12.4. The Hall–Kier alpha value is -2.88. The highest BCUT2D eigenvalue weighted by Gasteiger charge is 2.07. The summed E-state index contributed by atoms with van der Waals surface area (Å²) in [5, 5.41) is 2.94. The monoisotopic (exact) mass is 291 g/mol. The standard InChI is InChI=1S/C18H17N3O/c1-14-4-2-3-5-17(14)20-18(22)16-8-6-15(7-9-16)12-21-11-10-19-13-21/h2-11,13H,12H2,1H3,(H,20,22). The van der Waals surface area contributed by atoms with Crippen molar-refractivity contribution in [2.75, 3.05) is 5.32 Å². The number of nitrogens with one attached hydrogen (secondary N) is 1. The minimum absolute atomic E-state index is 0.0940. The largest absolute Gasteiger partial charge is 0.333 e. The van der Waals surface area contributed by atoms with E-state index in [1.807, 2.05) is 66.2 Å². The van der Waals surface area contributed by atoms with Gasteiger partial charge in [-0.05, 0) is 36.2 Å². The van der Waals surface area contributed by atoms with Gasteiger partial charge in [0.2, 0.25) is 0 Å². The summed E-state index contributed by atoms with van der Waals surface area (Å²) < 4.78 is 1.99. The predicted octanol–water partition coefficient (Wildman–Crippen LogP) is 3.49. The molecule has 1 heterocycles. The highest BCUT2D eigenvalue weighted by Crippen LogP contribution is 2.15. The second-order valence-corrected chi connectivity index (χ2v) is 5.20. The van der Waals surface area contributed by atoms with Crippen molar-refractivity contribution >= 4 is 11.6 Å². The van der Waals surface area contributed by atoms with E-state index >= 15 is 0 Å². The SMILES string of the molecule is Cc1ccccc1NC(=O)c1ccc(Cn2ccnc2)cc1. The zero-order chi connectivity index (χ0) is 15.4. The topological polar surface area (TPSA) is 46.9 Å². The Morgan fingerprint density at radius 2 is 1.91 bits per heavy atom. The quantitative estimate of drug-likeness (QED) is 0.800. The van der Waals surface area contributed by atoms with Crippen molar-refractivity contribution in [2.45, 2.75) is 13.5 Å². The van der Waals surface area contributed by atoms with Crippen molar-refractivity contribution in [1.82, 2.24) is 9.55 Å². The molecule has 1 aromatic heterocycles. The minimum Gasteiger partial charge on any atom is -0.333 e. The number of aromatic nitrogens is 2. The normalized spacial score (nSPS) is 10.4. The summed E-state index contributed by atoms with van der Waals surface area (Å²) in [6, 6.07) is 15.4. The van der Waals surface area contributed by atoms with E-state index in [1.54, 1.807) is 12.5 Å². The Morgan fingerprint density at radius 1 is 1.14 bits per heavy atom. The highest BCUT2D eigenvalue weighted by molar-refractivity contribution is 6.04. The maximum atomic E-state index is 12.3. The summed E-state index contributed by atoms with van der Waals surface area (Å²) in [5.74, 6) is -0.0940. The molecule has 22 heavy (non-hydrogen) atoms. The van der Waals surface area contributed by atoms with Crippen LogP contribution in [-0.2, 0) is 6.54 Å². The van der Waals surface area contributed by atoms with E-state index in [0.717, 1.165) is 23.4 Å². The number of carbonyl (C=O) groups is 1. The van der Waals surface area contributed by atoms with Crippen LogP contribution in [0.5, 0.6) is 0 Å². The molecule has 3 aromatic rings. The van der Waals surface area contributed by atoms with Gasteiger partial charge in [0.25, 0.3) is 5.91 Å². The third kappa shape index (κ3) is 3.23. The molecule has 3 rings (SSSR count). The van der Waals surface area contributed by atoms with Crippen LogP contribution in [0.1, 0.15) is 21.5 Å². The fourth-order valence-corrected chi connectivity index (χ4v) is 2.26. The van der Waals surface area contributed by atoms with Crippen LogP contribution in [0.2, 0.25) is 0 Å². The first kappa shape index (κ1) is 14.1. The summed E-state index contributed by atoms with van der Waals surface area (Å²) in [7, 11) is 0. The second-order valence-electron chi connectivity index (χ2n) is 5.20. The maximum Gasteiger partial charge on any atom is 0.255 e. The fraction of sp³-hybridized carbons (Fsp3) is 0.111. The lowest BCUT2D eigenvalue weighted by Crippen LogP contribution is -2.12. The van der Waals surface area contributed by atoms with Gasteiger partial charge in [-0.1, -0.05) is 30.3 Å². The van der Waals surface area contributed by atoms with Gasteiger partial charge in [0.1, 0.15) is 0 Å². The molecule has 2 aromatic carbocycles. The average Bonchev–Trinajstić information content (AvgIpc) is 3.03. The summed E-state index contributed by atoms with van der Waals surface area (Å²) in [6.07, 6.45) is 5.45. The van der Waals surface area contributed by atoms with Gasteiger partial charge >= 0.3 is 0 Å². The van der Waals surface area contributed by atoms with E-state index in [1.165, 1.54) is 0 Å². The molecule has 1 N–H and O–H groups in total. The number of aryl methyl sites for hydroxylation is 1. The number of benzene rings is 2. The van der Waals surface area contributed by atoms with E-state index in [0.29, 0.717) is 5.56 Å². The molecular formula is C18H17N3O. The molecule has 0 aliphatic carbocycles. The van der Waals surface area contributed by atoms with Gasteiger partial charge < -0.3 is 9.88 Å². The van der Waals surface area contributed by atoms with Gasteiger partial charge in [0.05, 0.1) is 6.33 Å². The molecule has 0 aliphatic heterocycles. The van der Waals surface area contributed by atoms with E-state index < -0.39 is 0 Å². The van der Waals surface area contributed by atoms with Crippen molar-refractivity contribution in [3.63, 3.8) is 0 Å². The fourth-order valence-electron chi connectivity index (χ4n) is 2.26.